The van der Waals surface area contributed by atoms with Crippen LogP contribution < -0.4 is 21.3 Å². The minimum absolute atomic E-state index is 0.173. The number of anilines is 3. The molecule has 0 amide bonds. The predicted molar refractivity (Wildman–Crippen MR) is 194 cm³/mol. The molecule has 5 aromatic heterocycles. The van der Waals surface area contributed by atoms with E-state index in [0.29, 0.717) is 45.6 Å². The average Bonchev–Trinajstić information content (AvgIpc) is 3.49. The van der Waals surface area contributed by atoms with Crippen molar-refractivity contribution in [1.82, 2.24) is 28.4 Å². The molecular weight excluding hydrogens is 632 g/mol. The lowest BCUT2D eigenvalue weighted by Gasteiger charge is -2.47. The molecule has 2 N–H and O–H groups in total. The monoisotopic (exact) mass is 674 g/mol. The molecule has 258 valence electrons. The van der Waals surface area contributed by atoms with Crippen molar-refractivity contribution >= 4 is 22.7 Å². The summed E-state index contributed by atoms with van der Waals surface area (Å²) in [6, 6.07) is 10.1. The van der Waals surface area contributed by atoms with Crippen LogP contribution in [0, 0.1) is 0 Å². The van der Waals surface area contributed by atoms with Gasteiger partial charge in [-0.2, -0.15) is 0 Å². The number of hydrogen-bond donors (Lipinski definition) is 2. The number of nitrogens with one attached hydrogen (secondary N) is 1. The number of pyridine rings is 3. The molecule has 1 atom stereocenters. The first-order valence-corrected chi connectivity index (χ1v) is 17.3. The van der Waals surface area contributed by atoms with Gasteiger partial charge in [-0.25, -0.2) is 9.97 Å². The quantitative estimate of drug-likeness (QED) is 0.237. The van der Waals surface area contributed by atoms with Crippen molar-refractivity contribution in [3.8, 4) is 16.9 Å². The number of hydrogen-bond acceptors (Lipinski definition) is 9. The van der Waals surface area contributed by atoms with Crippen molar-refractivity contribution in [2.24, 2.45) is 7.05 Å². The molecule has 0 spiro atoms. The molecule has 5 aromatic rings. The van der Waals surface area contributed by atoms with Crippen LogP contribution in [-0.2, 0) is 31.2 Å². The number of aromatic nitrogens is 5. The topological polar surface area (TPSA) is 122 Å². The molecule has 50 heavy (non-hydrogen) atoms. The highest BCUT2D eigenvalue weighted by atomic mass is 16.5. The third-order valence-electron chi connectivity index (χ3n) is 10.5. The second-order valence-corrected chi connectivity index (χ2v) is 13.7. The van der Waals surface area contributed by atoms with Gasteiger partial charge in [-0.1, -0.05) is 12.2 Å². The van der Waals surface area contributed by atoms with Crippen molar-refractivity contribution in [2.45, 2.75) is 51.3 Å². The molecule has 3 aliphatic rings. The Hall–Kier alpha value is -5.04. The van der Waals surface area contributed by atoms with Gasteiger partial charge in [-0.3, -0.25) is 19.1 Å². The number of aliphatic hydroxyl groups is 1. The smallest absolute Gasteiger partial charge is 0.280 e. The summed E-state index contributed by atoms with van der Waals surface area (Å²) < 4.78 is 10.4. The Morgan fingerprint density at radius 2 is 1.90 bits per heavy atom. The largest absolute Gasteiger partial charge is 0.392 e. The second-order valence-electron chi connectivity index (χ2n) is 13.7. The zero-order chi connectivity index (χ0) is 34.5. The van der Waals surface area contributed by atoms with Gasteiger partial charge in [0.2, 0.25) is 0 Å². The third-order valence-corrected chi connectivity index (χ3v) is 10.5. The van der Waals surface area contributed by atoms with Gasteiger partial charge in [0.15, 0.2) is 0 Å². The first kappa shape index (κ1) is 32.2. The Labute approximate surface area is 289 Å². The second kappa shape index (κ2) is 13.0. The van der Waals surface area contributed by atoms with Gasteiger partial charge in [0.05, 0.1) is 43.8 Å². The number of fused-ring (bicyclic) bond motifs is 3. The lowest BCUT2D eigenvalue weighted by Crippen LogP contribution is -2.60. The fourth-order valence-electron chi connectivity index (χ4n) is 7.68. The minimum Gasteiger partial charge on any atom is -0.392 e. The van der Waals surface area contributed by atoms with Crippen LogP contribution in [0.4, 0.5) is 17.2 Å². The van der Waals surface area contributed by atoms with E-state index in [2.05, 4.69) is 38.6 Å². The number of ether oxygens (including phenoxy) is 1. The van der Waals surface area contributed by atoms with Gasteiger partial charge in [-0.15, -0.1) is 0 Å². The number of aliphatic hydroxyl groups excluding tert-OH is 1. The molecule has 0 saturated carbocycles. The summed E-state index contributed by atoms with van der Waals surface area (Å²) >= 11 is 0. The number of nitrogens with zero attached hydrogens (tertiary/aromatic N) is 7. The van der Waals surface area contributed by atoms with E-state index >= 15 is 0 Å². The maximum absolute atomic E-state index is 13.8. The molecule has 0 aromatic carbocycles. The number of piperazine rings is 1. The zero-order valence-corrected chi connectivity index (χ0v) is 28.5. The molecule has 1 aliphatic carbocycles. The number of aryl methyl sites for hydroxylation is 3. The van der Waals surface area contributed by atoms with Crippen LogP contribution in [-0.4, -0.2) is 78.4 Å². The van der Waals surface area contributed by atoms with E-state index in [1.807, 2.05) is 35.0 Å². The van der Waals surface area contributed by atoms with E-state index < -0.39 is 0 Å². The summed E-state index contributed by atoms with van der Waals surface area (Å²) in [5.41, 5.74) is 6.88. The minimum atomic E-state index is -0.351. The van der Waals surface area contributed by atoms with E-state index in [0.717, 1.165) is 69.8 Å². The standard InChI is InChI=1S/C38H42N8O4/c1-24(2)34-20-43(28-22-50-23-28)12-13-44(34)27-8-9-35(40-18-27)41-31-16-26(19-42(3)37(31)48)29-10-11-39-36(30(29)21-47)46-15-14-45-32-7-5-4-6-25(32)17-33(45)38(46)49/h8-11,14-19,28,34,47H,1,4-7,12-13,20-23H2,2-3H3,(H,40,41)/t34-/m1/s1. The van der Waals surface area contributed by atoms with E-state index in [4.69, 9.17) is 4.74 Å². The van der Waals surface area contributed by atoms with Gasteiger partial charge in [0, 0.05) is 68.3 Å². The van der Waals surface area contributed by atoms with Crippen LogP contribution in [0.1, 0.15) is 36.6 Å². The van der Waals surface area contributed by atoms with Crippen LogP contribution in [0.2, 0.25) is 0 Å². The summed E-state index contributed by atoms with van der Waals surface area (Å²) in [7, 11) is 1.69. The fraction of sp³-hybridized carbons (Fsp3) is 0.368. The van der Waals surface area contributed by atoms with Crippen molar-refractivity contribution in [3.05, 3.63) is 111 Å². The molecule has 2 fully saturated rings. The van der Waals surface area contributed by atoms with Crippen molar-refractivity contribution in [1.29, 1.82) is 0 Å². The van der Waals surface area contributed by atoms with Crippen molar-refractivity contribution in [2.75, 3.05) is 43.1 Å². The molecule has 0 bridgehead atoms. The van der Waals surface area contributed by atoms with E-state index in [9.17, 15) is 14.7 Å². The highest BCUT2D eigenvalue weighted by Crippen LogP contribution is 2.31. The molecule has 0 unspecified atom stereocenters. The first-order chi connectivity index (χ1) is 24.3. The molecular formula is C38H42N8O4. The molecule has 2 saturated heterocycles. The maximum Gasteiger partial charge on any atom is 0.280 e. The molecule has 0 radical (unpaired) electrons. The third kappa shape index (κ3) is 5.62. The average molecular weight is 675 g/mol. The van der Waals surface area contributed by atoms with Gasteiger partial charge in [0.1, 0.15) is 22.8 Å². The Morgan fingerprint density at radius 3 is 2.64 bits per heavy atom. The maximum atomic E-state index is 13.8. The lowest BCUT2D eigenvalue weighted by molar-refractivity contribution is -0.0686. The Bertz CT molecular complexity index is 2220. The van der Waals surface area contributed by atoms with Crippen LogP contribution in [0.25, 0.3) is 22.5 Å². The van der Waals surface area contributed by atoms with E-state index in [1.165, 1.54) is 20.4 Å². The Balaban J connectivity index is 1.08. The predicted octanol–water partition coefficient (Wildman–Crippen LogP) is 3.83. The molecule has 12 heteroatoms. The molecule has 2 aliphatic heterocycles. The van der Waals surface area contributed by atoms with Crippen molar-refractivity contribution in [3.63, 3.8) is 0 Å². The van der Waals surface area contributed by atoms with E-state index in [-0.39, 0.29) is 23.8 Å². The van der Waals surface area contributed by atoms with Gasteiger partial charge in [0.25, 0.3) is 11.1 Å². The van der Waals surface area contributed by atoms with Gasteiger partial charge in [-0.05, 0) is 74.1 Å². The summed E-state index contributed by atoms with van der Waals surface area (Å²) in [5, 5.41) is 13.9. The highest BCUT2D eigenvalue weighted by Gasteiger charge is 2.34. The summed E-state index contributed by atoms with van der Waals surface area (Å²) in [6.45, 7) is 10.3. The Kier molecular flexibility index (Phi) is 8.38. The Morgan fingerprint density at radius 1 is 1.06 bits per heavy atom. The van der Waals surface area contributed by atoms with Crippen LogP contribution in [0.15, 0.2) is 83.1 Å². The van der Waals surface area contributed by atoms with Crippen LogP contribution >= 0.6 is 0 Å². The number of rotatable bonds is 8. The lowest BCUT2D eigenvalue weighted by atomic mass is 9.98. The summed E-state index contributed by atoms with van der Waals surface area (Å²) in [6.07, 6.45) is 13.0. The SMILES string of the molecule is C=C(C)[C@H]1CN(C2COC2)CCN1c1ccc(Nc2cc(-c3ccnc(-n4ccn5c6c(cc5c4=O)CCCC6)c3CO)cn(C)c2=O)nc1. The van der Waals surface area contributed by atoms with Crippen LogP contribution in [0.3, 0.4) is 0 Å². The summed E-state index contributed by atoms with van der Waals surface area (Å²) in [5.74, 6) is 0.889. The van der Waals surface area contributed by atoms with Gasteiger partial charge < -0.3 is 29.0 Å². The highest BCUT2D eigenvalue weighted by molar-refractivity contribution is 5.73. The first-order valence-electron chi connectivity index (χ1n) is 17.3. The zero-order valence-electron chi connectivity index (χ0n) is 28.5. The molecule has 7 heterocycles. The van der Waals surface area contributed by atoms with Crippen LogP contribution in [0.5, 0.6) is 0 Å². The van der Waals surface area contributed by atoms with E-state index in [1.54, 1.807) is 37.8 Å². The molecule has 12 nitrogen and oxygen atoms in total. The molecule has 8 rings (SSSR count). The van der Waals surface area contributed by atoms with Gasteiger partial charge >= 0.3 is 0 Å². The fourth-order valence-corrected chi connectivity index (χ4v) is 7.68. The normalized spacial score (nSPS) is 18.2. The summed E-state index contributed by atoms with van der Waals surface area (Å²) in [4.78, 5) is 41.2. The van der Waals surface area contributed by atoms with Crippen molar-refractivity contribution < 1.29 is 9.84 Å².